The summed E-state index contributed by atoms with van der Waals surface area (Å²) in [5.74, 6) is 0.664. The lowest BCUT2D eigenvalue weighted by molar-refractivity contribution is -0.991. The number of nitrogens with zero attached hydrogens (tertiary/aromatic N) is 4. The quantitative estimate of drug-likeness (QED) is 0.603. The summed E-state index contributed by atoms with van der Waals surface area (Å²) in [6, 6.07) is 15.0. The number of rotatable bonds is 4. The Morgan fingerprint density at radius 2 is 1.81 bits per heavy atom. The van der Waals surface area contributed by atoms with E-state index in [0.717, 1.165) is 22.0 Å². The molecular weight excluding hydrogens is 352 g/mol. The van der Waals surface area contributed by atoms with Crippen LogP contribution in [0.25, 0.3) is 11.4 Å². The Balaban J connectivity index is 1.57. The molecule has 3 N–H and O–H groups in total. The fraction of sp³-hybridized carbons (Fsp3) is 0.176. The van der Waals surface area contributed by atoms with Crippen LogP contribution < -0.4 is 15.6 Å². The van der Waals surface area contributed by atoms with E-state index in [-0.39, 0.29) is 11.1 Å². The molecule has 1 aliphatic rings. The Morgan fingerprint density at radius 1 is 1.12 bits per heavy atom. The molecule has 0 saturated heterocycles. The molecule has 0 bridgehead atoms. The standard InChI is InChI=1S/C17H18N6O2S/c1-21(2)13-7-5-12(6-8-13)16-20-22-15(18-19-17(22)26-16)11-3-9-14(10-4-11)23(24)25/h3-10,16,20,23-24H,1-2H3/t16-/m0/s1. The Labute approximate surface area is 154 Å². The first kappa shape index (κ1) is 16.9. The van der Waals surface area contributed by atoms with Crippen LogP contribution in [0.2, 0.25) is 0 Å². The van der Waals surface area contributed by atoms with Crippen molar-refractivity contribution in [3.05, 3.63) is 59.3 Å². The van der Waals surface area contributed by atoms with Gasteiger partial charge in [-0.15, -0.1) is 10.2 Å². The maximum absolute atomic E-state index is 11.0. The van der Waals surface area contributed by atoms with Crippen molar-refractivity contribution in [1.82, 2.24) is 14.9 Å². The minimum atomic E-state index is -0.946. The van der Waals surface area contributed by atoms with E-state index in [1.807, 2.05) is 18.8 Å². The molecule has 0 spiro atoms. The van der Waals surface area contributed by atoms with Gasteiger partial charge in [-0.3, -0.25) is 0 Å². The van der Waals surface area contributed by atoms with E-state index in [4.69, 9.17) is 5.21 Å². The van der Waals surface area contributed by atoms with Gasteiger partial charge in [0.1, 0.15) is 5.37 Å². The van der Waals surface area contributed by atoms with Gasteiger partial charge in [0.25, 0.3) is 0 Å². The average Bonchev–Trinajstić information content (AvgIpc) is 3.22. The number of thioether (sulfide) groups is 1. The fourth-order valence-electron chi connectivity index (χ4n) is 2.75. The van der Waals surface area contributed by atoms with Crippen LogP contribution in [-0.4, -0.2) is 34.2 Å². The second-order valence-electron chi connectivity index (χ2n) is 6.14. The number of hydrogen-bond donors (Lipinski definition) is 3. The molecule has 2 aromatic carbocycles. The van der Waals surface area contributed by atoms with Crippen LogP contribution in [0.4, 0.5) is 11.4 Å². The monoisotopic (exact) mass is 370 g/mol. The summed E-state index contributed by atoms with van der Waals surface area (Å²) in [5, 5.41) is 28.4. The summed E-state index contributed by atoms with van der Waals surface area (Å²) in [6.45, 7) is 0. The molecule has 8 nitrogen and oxygen atoms in total. The topological polar surface area (TPSA) is 93.7 Å². The van der Waals surface area contributed by atoms with Gasteiger partial charge in [0, 0.05) is 37.5 Å². The first-order valence-corrected chi connectivity index (χ1v) is 8.90. The lowest BCUT2D eigenvalue weighted by atomic mass is 10.2. The zero-order chi connectivity index (χ0) is 18.3. The van der Waals surface area contributed by atoms with E-state index < -0.39 is 5.23 Å². The largest absolute Gasteiger partial charge is 0.595 e. The highest BCUT2D eigenvalue weighted by atomic mass is 32.2. The highest BCUT2D eigenvalue weighted by molar-refractivity contribution is 7.99. The predicted molar refractivity (Wildman–Crippen MR) is 100.0 cm³/mol. The summed E-state index contributed by atoms with van der Waals surface area (Å²) in [5.41, 5.74) is 6.77. The highest BCUT2D eigenvalue weighted by Gasteiger charge is 2.28. The number of aromatic nitrogens is 3. The Morgan fingerprint density at radius 3 is 2.42 bits per heavy atom. The summed E-state index contributed by atoms with van der Waals surface area (Å²) < 4.78 is 1.85. The Kier molecular flexibility index (Phi) is 4.29. The number of benzene rings is 2. The van der Waals surface area contributed by atoms with Gasteiger partial charge in [0.2, 0.25) is 5.16 Å². The molecule has 0 saturated carbocycles. The average molecular weight is 370 g/mol. The molecule has 2 heterocycles. The van der Waals surface area contributed by atoms with Crippen molar-refractivity contribution in [2.24, 2.45) is 0 Å². The lowest BCUT2D eigenvalue weighted by Gasteiger charge is -2.16. The molecule has 0 radical (unpaired) electrons. The van der Waals surface area contributed by atoms with Crippen LogP contribution in [0.15, 0.2) is 53.7 Å². The normalized spacial score (nSPS) is 16.8. The molecule has 2 atom stereocenters. The summed E-state index contributed by atoms with van der Waals surface area (Å²) in [6.07, 6.45) is 0. The van der Waals surface area contributed by atoms with Crippen LogP contribution in [0, 0.1) is 5.21 Å². The van der Waals surface area contributed by atoms with Gasteiger partial charge in [-0.2, -0.15) is 5.23 Å². The van der Waals surface area contributed by atoms with E-state index in [2.05, 4.69) is 44.8 Å². The van der Waals surface area contributed by atoms with Crippen LogP contribution in [0.3, 0.4) is 0 Å². The van der Waals surface area contributed by atoms with Crippen molar-refractivity contribution < 1.29 is 10.4 Å². The summed E-state index contributed by atoms with van der Waals surface area (Å²) in [7, 11) is 4.03. The van der Waals surface area contributed by atoms with E-state index >= 15 is 0 Å². The molecule has 0 amide bonds. The van der Waals surface area contributed by atoms with E-state index in [9.17, 15) is 5.21 Å². The molecule has 4 rings (SSSR count). The third-order valence-corrected chi connectivity index (χ3v) is 5.29. The van der Waals surface area contributed by atoms with Gasteiger partial charge in [0.05, 0.1) is 0 Å². The van der Waals surface area contributed by atoms with Crippen LogP contribution in [0.5, 0.6) is 0 Å². The zero-order valence-corrected chi connectivity index (χ0v) is 15.1. The SMILES string of the molecule is CN(C)c1ccc([C@H]2Nn3c(nnc3-c3ccc([NH+]([O-])O)cc3)S2)cc1. The van der Waals surface area contributed by atoms with Gasteiger partial charge >= 0.3 is 0 Å². The Bertz CT molecular complexity index is 908. The van der Waals surface area contributed by atoms with Crippen molar-refractivity contribution in [3.8, 4) is 11.4 Å². The predicted octanol–water partition coefficient (Wildman–Crippen LogP) is 1.76. The number of nitrogens with one attached hydrogen (secondary N) is 2. The molecule has 26 heavy (non-hydrogen) atoms. The van der Waals surface area contributed by atoms with E-state index in [1.165, 1.54) is 0 Å². The van der Waals surface area contributed by atoms with Crippen molar-refractivity contribution in [2.75, 3.05) is 24.4 Å². The van der Waals surface area contributed by atoms with Gasteiger partial charge in [0.15, 0.2) is 11.5 Å². The third kappa shape index (κ3) is 3.01. The summed E-state index contributed by atoms with van der Waals surface area (Å²) in [4.78, 5) is 2.06. The maximum Gasteiger partial charge on any atom is 0.212 e. The van der Waals surface area contributed by atoms with Gasteiger partial charge in [-0.25, -0.2) is 9.88 Å². The second-order valence-corrected chi connectivity index (χ2v) is 7.21. The number of quaternary nitrogens is 1. The van der Waals surface area contributed by atoms with Gasteiger partial charge in [-0.05, 0) is 29.8 Å². The molecular formula is C17H18N6O2S. The lowest BCUT2D eigenvalue weighted by Crippen LogP contribution is -2.99. The smallest absolute Gasteiger partial charge is 0.212 e. The summed E-state index contributed by atoms with van der Waals surface area (Å²) >= 11 is 1.60. The fourth-order valence-corrected chi connectivity index (χ4v) is 3.75. The number of anilines is 1. The molecule has 9 heteroatoms. The highest BCUT2D eigenvalue weighted by Crippen LogP contribution is 2.40. The van der Waals surface area contributed by atoms with E-state index in [1.54, 1.807) is 36.0 Å². The first-order valence-electron chi connectivity index (χ1n) is 8.02. The van der Waals surface area contributed by atoms with E-state index in [0.29, 0.717) is 5.82 Å². The Hall–Kier alpha value is -2.59. The molecule has 1 aromatic heterocycles. The van der Waals surface area contributed by atoms with Crippen LogP contribution in [0.1, 0.15) is 10.9 Å². The molecule has 0 aliphatic carbocycles. The number of hydrogen-bond acceptors (Lipinski definition) is 7. The van der Waals surface area contributed by atoms with Crippen LogP contribution >= 0.6 is 11.8 Å². The minimum Gasteiger partial charge on any atom is -0.595 e. The molecule has 1 aliphatic heterocycles. The molecule has 1 unspecified atom stereocenters. The van der Waals surface area contributed by atoms with Crippen molar-refractivity contribution in [2.45, 2.75) is 10.5 Å². The van der Waals surface area contributed by atoms with Crippen molar-refractivity contribution >= 4 is 23.1 Å². The van der Waals surface area contributed by atoms with Crippen LogP contribution in [-0.2, 0) is 0 Å². The number of fused-ring (bicyclic) bond motifs is 1. The van der Waals surface area contributed by atoms with Crippen molar-refractivity contribution in [3.63, 3.8) is 0 Å². The maximum atomic E-state index is 11.0. The molecule has 134 valence electrons. The van der Waals surface area contributed by atoms with Crippen molar-refractivity contribution in [1.29, 1.82) is 0 Å². The molecule has 3 aromatic rings. The second kappa shape index (κ2) is 6.61. The van der Waals surface area contributed by atoms with Gasteiger partial charge < -0.3 is 15.5 Å². The van der Waals surface area contributed by atoms with Gasteiger partial charge in [-0.1, -0.05) is 23.9 Å². The first-order chi connectivity index (χ1) is 12.5. The minimum absolute atomic E-state index is 0.0498. The molecule has 0 fully saturated rings. The zero-order valence-electron chi connectivity index (χ0n) is 14.2. The third-order valence-electron chi connectivity index (χ3n) is 4.21.